The lowest BCUT2D eigenvalue weighted by molar-refractivity contribution is 0.628. The van der Waals surface area contributed by atoms with Crippen molar-refractivity contribution in [1.29, 1.82) is 5.26 Å². The van der Waals surface area contributed by atoms with E-state index in [1.54, 1.807) is 0 Å². The fourth-order valence-electron chi connectivity index (χ4n) is 2.22. The summed E-state index contributed by atoms with van der Waals surface area (Å²) in [5, 5.41) is 12.7. The molecule has 124 valence electrons. The molecule has 3 N–H and O–H groups in total. The van der Waals surface area contributed by atoms with Gasteiger partial charge in [0.15, 0.2) is 0 Å². The minimum Gasteiger partial charge on any atom is -0.394 e. The number of nitrogens with two attached hydrogens (primary N) is 1. The minimum atomic E-state index is -0.524. The van der Waals surface area contributed by atoms with Crippen LogP contribution in [-0.4, -0.2) is 0 Å². The number of hydrogen-bond acceptors (Lipinski definition) is 5. The highest BCUT2D eigenvalue weighted by molar-refractivity contribution is 9.10. The zero-order valence-electron chi connectivity index (χ0n) is 12.7. The van der Waals surface area contributed by atoms with Crippen LogP contribution in [0.15, 0.2) is 57.8 Å². The number of halogens is 2. The quantitative estimate of drug-likeness (QED) is 0.638. The highest BCUT2D eigenvalue weighted by atomic mass is 79.9. The molecule has 0 amide bonds. The van der Waals surface area contributed by atoms with Gasteiger partial charge in [-0.25, -0.2) is 4.39 Å². The molecule has 0 bridgehead atoms. The van der Waals surface area contributed by atoms with E-state index in [1.165, 1.54) is 35.6 Å². The van der Waals surface area contributed by atoms with E-state index in [9.17, 15) is 14.4 Å². The molecule has 0 aliphatic carbocycles. The highest BCUT2D eigenvalue weighted by Gasteiger charge is 2.17. The molecule has 1 heterocycles. The van der Waals surface area contributed by atoms with Crippen LogP contribution in [0, 0.1) is 17.1 Å². The van der Waals surface area contributed by atoms with Crippen molar-refractivity contribution in [3.05, 3.63) is 74.6 Å². The Kier molecular flexibility index (Phi) is 4.83. The summed E-state index contributed by atoms with van der Waals surface area (Å²) < 4.78 is 14.0. The molecule has 1 aromatic heterocycles. The summed E-state index contributed by atoms with van der Waals surface area (Å²) in [4.78, 5) is 13.0. The van der Waals surface area contributed by atoms with Crippen molar-refractivity contribution in [2.45, 2.75) is 0 Å². The van der Waals surface area contributed by atoms with Crippen LogP contribution in [0.1, 0.15) is 5.56 Å². The fourth-order valence-corrected chi connectivity index (χ4v) is 3.55. The molecule has 25 heavy (non-hydrogen) atoms. The van der Waals surface area contributed by atoms with E-state index in [4.69, 9.17) is 5.73 Å². The maximum absolute atomic E-state index is 13.1. The lowest BCUT2D eigenvalue weighted by atomic mass is 10.1. The molecule has 0 saturated carbocycles. The van der Waals surface area contributed by atoms with Gasteiger partial charge in [0.1, 0.15) is 22.5 Å². The van der Waals surface area contributed by atoms with Crippen LogP contribution in [0.3, 0.4) is 0 Å². The normalized spacial score (nSPS) is 10.3. The predicted octanol–water partition coefficient (Wildman–Crippen LogP) is 4.87. The molecule has 0 unspecified atom stereocenters. The molecule has 2 aromatic carbocycles. The van der Waals surface area contributed by atoms with Gasteiger partial charge in [0.2, 0.25) is 5.43 Å². The zero-order chi connectivity index (χ0) is 18.0. The third kappa shape index (κ3) is 3.55. The van der Waals surface area contributed by atoms with Crippen molar-refractivity contribution < 1.29 is 4.39 Å². The summed E-state index contributed by atoms with van der Waals surface area (Å²) in [6, 6.07) is 14.9. The van der Waals surface area contributed by atoms with Gasteiger partial charge in [0.25, 0.3) is 0 Å². The molecule has 0 fully saturated rings. The first kappa shape index (κ1) is 17.1. The molecule has 0 aliphatic heterocycles. The van der Waals surface area contributed by atoms with Crippen molar-refractivity contribution in [2.24, 2.45) is 0 Å². The van der Waals surface area contributed by atoms with E-state index in [0.717, 1.165) is 10.0 Å². The van der Waals surface area contributed by atoms with Crippen molar-refractivity contribution >= 4 is 43.6 Å². The van der Waals surface area contributed by atoms with Gasteiger partial charge in [-0.15, -0.1) is 11.3 Å². The van der Waals surface area contributed by atoms with Crippen LogP contribution in [-0.2, 0) is 0 Å². The Bertz CT molecular complexity index is 1020. The Balaban J connectivity index is 2.14. The van der Waals surface area contributed by atoms with Crippen molar-refractivity contribution in [3.8, 4) is 16.5 Å². The van der Waals surface area contributed by atoms with Crippen molar-refractivity contribution in [2.75, 3.05) is 11.1 Å². The van der Waals surface area contributed by atoms with Gasteiger partial charge in [-0.1, -0.05) is 28.1 Å². The first-order valence-electron chi connectivity index (χ1n) is 7.15. The first-order chi connectivity index (χ1) is 12.0. The monoisotopic (exact) mass is 415 g/mol. The Hall–Kier alpha value is -2.69. The van der Waals surface area contributed by atoms with Crippen LogP contribution >= 0.6 is 27.3 Å². The smallest absolute Gasteiger partial charge is 0.223 e. The van der Waals surface area contributed by atoms with Crippen LogP contribution < -0.4 is 16.5 Å². The Morgan fingerprint density at radius 1 is 1.12 bits per heavy atom. The number of hydrogen-bond donors (Lipinski definition) is 2. The number of nitrogens with zero attached hydrogens (tertiary/aromatic N) is 1. The highest BCUT2D eigenvalue weighted by Crippen LogP contribution is 2.36. The minimum absolute atomic E-state index is 0.0357. The molecule has 4 nitrogen and oxygen atoms in total. The van der Waals surface area contributed by atoms with E-state index in [2.05, 4.69) is 21.2 Å². The lowest BCUT2D eigenvalue weighted by Crippen LogP contribution is -2.14. The molecule has 0 spiro atoms. The van der Waals surface area contributed by atoms with Gasteiger partial charge in [-0.3, -0.25) is 4.79 Å². The van der Waals surface area contributed by atoms with Crippen LogP contribution in [0.2, 0.25) is 0 Å². The molecule has 7 heteroatoms. The predicted molar refractivity (Wildman–Crippen MR) is 103 cm³/mol. The summed E-state index contributed by atoms with van der Waals surface area (Å²) >= 11 is 4.57. The topological polar surface area (TPSA) is 78.9 Å². The molecular weight excluding hydrogens is 405 g/mol. The fraction of sp³-hybridized carbons (Fsp3) is 0. The number of benzene rings is 2. The number of nitriles is 1. The SMILES string of the molecule is N#Cc1c(Nc2ccc(F)cc2)sc(-c2ccc(Br)cc2)c(N)c1=O. The summed E-state index contributed by atoms with van der Waals surface area (Å²) in [5.41, 5.74) is 6.76. The van der Waals surface area contributed by atoms with Gasteiger partial charge < -0.3 is 11.1 Å². The molecule has 3 rings (SSSR count). The summed E-state index contributed by atoms with van der Waals surface area (Å²) in [6.07, 6.45) is 0. The lowest BCUT2D eigenvalue weighted by Gasteiger charge is -2.11. The van der Waals surface area contributed by atoms with Crippen molar-refractivity contribution in [3.63, 3.8) is 0 Å². The average Bonchev–Trinajstić information content (AvgIpc) is 2.61. The molecule has 0 atom stereocenters. The van der Waals surface area contributed by atoms with Crippen LogP contribution in [0.25, 0.3) is 10.4 Å². The Morgan fingerprint density at radius 2 is 1.76 bits per heavy atom. The van der Waals surface area contributed by atoms with E-state index in [-0.39, 0.29) is 17.1 Å². The van der Waals surface area contributed by atoms with Gasteiger partial charge in [0, 0.05) is 10.2 Å². The van der Waals surface area contributed by atoms with E-state index >= 15 is 0 Å². The standard InChI is InChI=1S/C18H11BrFN3OS/c19-11-3-1-10(2-4-11)17-15(22)16(24)14(9-21)18(25-17)23-13-7-5-12(20)6-8-13/h1-8,23H,22H2. The summed E-state index contributed by atoms with van der Waals surface area (Å²) in [7, 11) is 0. The van der Waals surface area contributed by atoms with Gasteiger partial charge in [-0.05, 0) is 42.0 Å². The maximum Gasteiger partial charge on any atom is 0.223 e. The number of anilines is 3. The van der Waals surface area contributed by atoms with E-state index in [1.807, 2.05) is 30.3 Å². The molecule has 0 radical (unpaired) electrons. The van der Waals surface area contributed by atoms with Gasteiger partial charge >= 0.3 is 0 Å². The molecule has 3 aromatic rings. The number of nitrogens with one attached hydrogen (secondary N) is 1. The average molecular weight is 416 g/mol. The van der Waals surface area contributed by atoms with Gasteiger partial charge in [0.05, 0.1) is 10.6 Å². The van der Waals surface area contributed by atoms with Gasteiger partial charge in [-0.2, -0.15) is 5.26 Å². The van der Waals surface area contributed by atoms with Crippen LogP contribution in [0.5, 0.6) is 0 Å². The Labute approximate surface area is 155 Å². The molecule has 0 aliphatic rings. The zero-order valence-corrected chi connectivity index (χ0v) is 15.1. The van der Waals surface area contributed by atoms with Crippen LogP contribution in [0.4, 0.5) is 20.8 Å². The second-order valence-electron chi connectivity index (χ2n) is 5.13. The van der Waals surface area contributed by atoms with E-state index < -0.39 is 5.43 Å². The second kappa shape index (κ2) is 7.05. The summed E-state index contributed by atoms with van der Waals surface area (Å²) in [5.74, 6) is -0.368. The maximum atomic E-state index is 13.1. The number of rotatable bonds is 3. The third-order valence-corrected chi connectivity index (χ3v) is 5.17. The third-order valence-electron chi connectivity index (χ3n) is 3.47. The second-order valence-corrected chi connectivity index (χ2v) is 7.06. The largest absolute Gasteiger partial charge is 0.394 e. The van der Waals surface area contributed by atoms with Crippen molar-refractivity contribution in [1.82, 2.24) is 0 Å². The van der Waals surface area contributed by atoms with E-state index in [0.29, 0.717) is 15.6 Å². The first-order valence-corrected chi connectivity index (χ1v) is 8.75. The molecule has 0 saturated heterocycles. The molecular formula is C18H11BrFN3OS. The number of nitrogen functional groups attached to an aromatic ring is 1. The Morgan fingerprint density at radius 3 is 2.36 bits per heavy atom. The summed E-state index contributed by atoms with van der Waals surface area (Å²) in [6.45, 7) is 0.